The van der Waals surface area contributed by atoms with Gasteiger partial charge in [-0.25, -0.2) is 0 Å². The molecule has 1 aliphatic rings. The van der Waals surface area contributed by atoms with E-state index >= 15 is 0 Å². The number of nitrogens with zero attached hydrogens (tertiary/aromatic N) is 2. The monoisotopic (exact) mass is 469 g/mol. The molecular formula is C29H35N5O. The number of hydrogen-bond donors (Lipinski definition) is 3. The van der Waals surface area contributed by atoms with E-state index in [1.165, 1.54) is 19.3 Å². The lowest BCUT2D eigenvalue weighted by Crippen LogP contribution is -2.50. The first-order chi connectivity index (χ1) is 16.8. The van der Waals surface area contributed by atoms with Crippen LogP contribution in [-0.2, 0) is 6.54 Å². The molecule has 0 saturated carbocycles. The minimum atomic E-state index is -0.0805. The van der Waals surface area contributed by atoms with Crippen molar-refractivity contribution in [1.82, 2.24) is 9.88 Å². The molecule has 6 heteroatoms. The lowest BCUT2D eigenvalue weighted by atomic mass is 9.84. The molecule has 182 valence electrons. The molecule has 35 heavy (non-hydrogen) atoms. The molecule has 0 spiro atoms. The fourth-order valence-electron chi connectivity index (χ4n) is 5.42. The summed E-state index contributed by atoms with van der Waals surface area (Å²) in [6, 6.07) is 17.4. The molecule has 2 atom stereocenters. The van der Waals surface area contributed by atoms with E-state index in [-0.39, 0.29) is 16.9 Å². The van der Waals surface area contributed by atoms with E-state index in [2.05, 4.69) is 25.2 Å². The van der Waals surface area contributed by atoms with E-state index < -0.39 is 0 Å². The summed E-state index contributed by atoms with van der Waals surface area (Å²) in [7, 11) is 0. The first-order valence-electron chi connectivity index (χ1n) is 12.6. The van der Waals surface area contributed by atoms with E-state index in [1.807, 2.05) is 28.8 Å². The number of amidine groups is 1. The predicted octanol–water partition coefficient (Wildman–Crippen LogP) is 5.31. The standard InChI is InChI=1S/C29H35N5O/c1-20-8-7-14-29(2,33-20)13-4-3-5-15-34-26-16-21(19-30)11-12-23(26)18-25(28(34)35)22-9-6-10-24(17-22)27(31)32/h6,9-12,16-18,20,33H,3-5,7-8,13-15H2,1-2H3,(H3,31,32)/t20-,29+/m0/s1. The van der Waals surface area contributed by atoms with Gasteiger partial charge in [-0.15, -0.1) is 0 Å². The van der Waals surface area contributed by atoms with Crippen molar-refractivity contribution >= 4 is 16.7 Å². The summed E-state index contributed by atoms with van der Waals surface area (Å²) < 4.78 is 1.81. The van der Waals surface area contributed by atoms with Crippen LogP contribution < -0.4 is 16.6 Å². The molecular weight excluding hydrogens is 434 g/mol. The summed E-state index contributed by atoms with van der Waals surface area (Å²) in [5.41, 5.74) is 9.06. The maximum atomic E-state index is 13.6. The summed E-state index contributed by atoms with van der Waals surface area (Å²) >= 11 is 0. The summed E-state index contributed by atoms with van der Waals surface area (Å²) in [6.07, 6.45) is 7.96. The largest absolute Gasteiger partial charge is 0.384 e. The molecule has 1 fully saturated rings. The topological polar surface area (TPSA) is 108 Å². The molecule has 6 nitrogen and oxygen atoms in total. The van der Waals surface area contributed by atoms with Gasteiger partial charge in [-0.3, -0.25) is 10.2 Å². The van der Waals surface area contributed by atoms with Crippen LogP contribution in [0.15, 0.2) is 53.3 Å². The number of hydrogen-bond acceptors (Lipinski definition) is 4. The van der Waals surface area contributed by atoms with Crippen LogP contribution in [0.5, 0.6) is 0 Å². The Morgan fingerprint density at radius 3 is 2.80 bits per heavy atom. The zero-order valence-electron chi connectivity index (χ0n) is 20.7. The minimum absolute atomic E-state index is 0.0258. The van der Waals surface area contributed by atoms with Gasteiger partial charge in [0.2, 0.25) is 0 Å². The second-order valence-corrected chi connectivity index (χ2v) is 10.2. The summed E-state index contributed by atoms with van der Waals surface area (Å²) in [5, 5.41) is 21.9. The van der Waals surface area contributed by atoms with Crippen molar-refractivity contribution < 1.29 is 0 Å². The highest BCUT2D eigenvalue weighted by Gasteiger charge is 2.28. The molecule has 2 aromatic carbocycles. The number of rotatable bonds is 8. The number of piperidine rings is 1. The van der Waals surface area contributed by atoms with Crippen LogP contribution in [0, 0.1) is 16.7 Å². The highest BCUT2D eigenvalue weighted by atomic mass is 16.1. The van der Waals surface area contributed by atoms with E-state index in [1.54, 1.807) is 24.3 Å². The predicted molar refractivity (Wildman–Crippen MR) is 143 cm³/mol. The molecule has 1 aliphatic heterocycles. The van der Waals surface area contributed by atoms with Crippen molar-refractivity contribution in [3.63, 3.8) is 0 Å². The van der Waals surface area contributed by atoms with Crippen LogP contribution in [0.3, 0.4) is 0 Å². The van der Waals surface area contributed by atoms with Gasteiger partial charge in [0.1, 0.15) is 5.84 Å². The molecule has 3 aromatic rings. The Balaban J connectivity index is 1.59. The van der Waals surface area contributed by atoms with E-state index in [4.69, 9.17) is 11.1 Å². The average molecular weight is 470 g/mol. The summed E-state index contributed by atoms with van der Waals surface area (Å²) in [4.78, 5) is 13.6. The maximum Gasteiger partial charge on any atom is 0.258 e. The van der Waals surface area contributed by atoms with Crippen LogP contribution >= 0.6 is 0 Å². The van der Waals surface area contributed by atoms with Crippen LogP contribution in [0.1, 0.15) is 69.9 Å². The maximum absolute atomic E-state index is 13.6. The number of unbranched alkanes of at least 4 members (excludes halogenated alkanes) is 2. The Hall–Kier alpha value is -3.43. The van der Waals surface area contributed by atoms with Crippen molar-refractivity contribution in [2.24, 2.45) is 5.73 Å². The molecule has 4 rings (SSSR count). The first kappa shape index (κ1) is 24.7. The average Bonchev–Trinajstić information content (AvgIpc) is 2.84. The number of pyridine rings is 1. The van der Waals surface area contributed by atoms with Crippen LogP contribution in [-0.4, -0.2) is 22.0 Å². The van der Waals surface area contributed by atoms with Crippen LogP contribution in [0.25, 0.3) is 22.0 Å². The normalized spacial score (nSPS) is 20.0. The molecule has 4 N–H and O–H groups in total. The van der Waals surface area contributed by atoms with Gasteiger partial charge < -0.3 is 15.6 Å². The Morgan fingerprint density at radius 1 is 1.23 bits per heavy atom. The minimum Gasteiger partial charge on any atom is -0.384 e. The van der Waals surface area contributed by atoms with Crippen molar-refractivity contribution in [2.45, 2.75) is 76.9 Å². The number of aromatic nitrogens is 1. The fraction of sp³-hybridized carbons (Fsp3) is 0.414. The highest BCUT2D eigenvalue weighted by molar-refractivity contribution is 5.96. The van der Waals surface area contributed by atoms with E-state index in [0.717, 1.165) is 42.1 Å². The third-order valence-corrected chi connectivity index (χ3v) is 7.28. The lowest BCUT2D eigenvalue weighted by Gasteiger charge is -2.39. The SMILES string of the molecule is C[C@H]1CCC[C@@](C)(CCCCCn2c(=O)c(-c3cccc(C(=N)N)c3)cc3ccc(C#N)cc32)N1. The van der Waals surface area contributed by atoms with Crippen molar-refractivity contribution in [3.05, 3.63) is 70.0 Å². The van der Waals surface area contributed by atoms with Crippen LogP contribution in [0.4, 0.5) is 0 Å². The second kappa shape index (κ2) is 10.5. The molecule has 0 amide bonds. The number of fused-ring (bicyclic) bond motifs is 1. The van der Waals surface area contributed by atoms with E-state index in [0.29, 0.717) is 29.3 Å². The molecule has 0 radical (unpaired) electrons. The Kier molecular flexibility index (Phi) is 7.37. The van der Waals surface area contributed by atoms with Gasteiger partial charge in [0.15, 0.2) is 0 Å². The van der Waals surface area contributed by atoms with Gasteiger partial charge in [0.25, 0.3) is 5.56 Å². The number of nitrogen functional groups attached to an aromatic ring is 1. The van der Waals surface area contributed by atoms with Gasteiger partial charge in [-0.05, 0) is 74.7 Å². The van der Waals surface area contributed by atoms with Crippen molar-refractivity contribution in [1.29, 1.82) is 10.7 Å². The number of aryl methyl sites for hydroxylation is 1. The number of nitriles is 1. The molecule has 0 bridgehead atoms. The third-order valence-electron chi connectivity index (χ3n) is 7.28. The third kappa shape index (κ3) is 5.63. The summed E-state index contributed by atoms with van der Waals surface area (Å²) in [5.74, 6) is -0.0258. The highest BCUT2D eigenvalue weighted by Crippen LogP contribution is 2.28. The van der Waals surface area contributed by atoms with Crippen LogP contribution in [0.2, 0.25) is 0 Å². The molecule has 1 aromatic heterocycles. The number of benzene rings is 2. The molecule has 1 saturated heterocycles. The summed E-state index contributed by atoms with van der Waals surface area (Å²) in [6.45, 7) is 5.21. The Bertz CT molecular complexity index is 1340. The van der Waals surface area contributed by atoms with E-state index in [9.17, 15) is 10.1 Å². The molecule has 2 heterocycles. The quantitative estimate of drug-likeness (QED) is 0.236. The van der Waals surface area contributed by atoms with Crippen molar-refractivity contribution in [3.8, 4) is 17.2 Å². The van der Waals surface area contributed by atoms with Gasteiger partial charge in [-0.1, -0.05) is 43.5 Å². The van der Waals surface area contributed by atoms with Gasteiger partial charge in [-0.2, -0.15) is 5.26 Å². The molecule has 0 aliphatic carbocycles. The van der Waals surface area contributed by atoms with Gasteiger partial charge in [0.05, 0.1) is 17.1 Å². The zero-order chi connectivity index (χ0) is 25.0. The Morgan fingerprint density at radius 2 is 2.06 bits per heavy atom. The first-order valence-corrected chi connectivity index (χ1v) is 12.6. The zero-order valence-corrected chi connectivity index (χ0v) is 20.7. The molecule has 0 unspecified atom stereocenters. The second-order valence-electron chi connectivity index (χ2n) is 10.2. The Labute approximate surface area is 207 Å². The number of nitrogens with two attached hydrogens (primary N) is 1. The lowest BCUT2D eigenvalue weighted by molar-refractivity contribution is 0.214. The number of nitrogens with one attached hydrogen (secondary N) is 2. The fourth-order valence-corrected chi connectivity index (χ4v) is 5.42. The van der Waals surface area contributed by atoms with Gasteiger partial charge in [0, 0.05) is 29.3 Å². The van der Waals surface area contributed by atoms with Crippen molar-refractivity contribution in [2.75, 3.05) is 0 Å². The smallest absolute Gasteiger partial charge is 0.258 e. The van der Waals surface area contributed by atoms with Gasteiger partial charge >= 0.3 is 0 Å².